The van der Waals surface area contributed by atoms with Gasteiger partial charge in [-0.2, -0.15) is 5.10 Å². The summed E-state index contributed by atoms with van der Waals surface area (Å²) in [6.45, 7) is 15.9. The van der Waals surface area contributed by atoms with Gasteiger partial charge in [0.05, 0.1) is 18.5 Å². The maximum atomic E-state index is 13.2. The molecule has 2 heterocycles. The minimum Gasteiger partial charge on any atom is -0.497 e. The molecule has 184 valence electrons. The van der Waals surface area contributed by atoms with E-state index in [-0.39, 0.29) is 17.4 Å². The lowest BCUT2D eigenvalue weighted by atomic mass is 9.93. The van der Waals surface area contributed by atoms with E-state index in [2.05, 4.69) is 56.7 Å². The maximum Gasteiger partial charge on any atom is 0.270 e. The van der Waals surface area contributed by atoms with Crippen LogP contribution in [0.5, 0.6) is 5.75 Å². The van der Waals surface area contributed by atoms with Gasteiger partial charge in [0.15, 0.2) is 5.65 Å². The van der Waals surface area contributed by atoms with Crippen LogP contribution in [0, 0.1) is 0 Å². The van der Waals surface area contributed by atoms with Crippen LogP contribution in [0.1, 0.15) is 70.6 Å². The van der Waals surface area contributed by atoms with E-state index < -0.39 is 0 Å². The number of hydrogen-bond acceptors (Lipinski definition) is 5. The molecule has 0 radical (unpaired) electrons. The molecule has 0 bridgehead atoms. The van der Waals surface area contributed by atoms with Gasteiger partial charge >= 0.3 is 0 Å². The third kappa shape index (κ3) is 6.14. The second-order valence-electron chi connectivity index (χ2n) is 9.85. The Morgan fingerprint density at radius 3 is 2.56 bits per heavy atom. The van der Waals surface area contributed by atoms with Gasteiger partial charge in [0, 0.05) is 23.1 Å². The van der Waals surface area contributed by atoms with Gasteiger partial charge in [-0.15, -0.1) is 0 Å². The van der Waals surface area contributed by atoms with Crippen LogP contribution in [-0.4, -0.2) is 58.2 Å². The number of methoxy groups -OCH3 is 1. The number of nitrogens with one attached hydrogen (secondary N) is 1. The summed E-state index contributed by atoms with van der Waals surface area (Å²) in [6.07, 6.45) is 1.97. The molecule has 1 atom stereocenters. The summed E-state index contributed by atoms with van der Waals surface area (Å²) in [7, 11) is 1.65. The van der Waals surface area contributed by atoms with Crippen LogP contribution >= 0.6 is 0 Å². The lowest BCUT2D eigenvalue weighted by molar-refractivity contribution is 0.0932. The number of hydrogen-bond donors (Lipinski definition) is 1. The summed E-state index contributed by atoms with van der Waals surface area (Å²) in [5, 5.41) is 7.96. The lowest BCUT2D eigenvalue weighted by Crippen LogP contribution is -2.34. The molecule has 0 saturated heterocycles. The summed E-state index contributed by atoms with van der Waals surface area (Å²) in [6, 6.07) is 11.6. The number of fused-ring (bicyclic) bond motifs is 1. The molecular formula is C27H39N5O2. The largest absolute Gasteiger partial charge is 0.497 e. The summed E-state index contributed by atoms with van der Waals surface area (Å²) in [5.74, 6) is 0.582. The molecule has 3 rings (SSSR count). The number of aromatic nitrogens is 3. The Bertz CT molecular complexity index is 1110. The Morgan fingerprint density at radius 2 is 1.91 bits per heavy atom. The third-order valence-corrected chi connectivity index (χ3v) is 6.18. The van der Waals surface area contributed by atoms with Crippen LogP contribution in [-0.2, 0) is 5.41 Å². The van der Waals surface area contributed by atoms with Gasteiger partial charge in [-0.25, -0.2) is 9.50 Å². The number of benzene rings is 1. The Balaban J connectivity index is 1.90. The van der Waals surface area contributed by atoms with Crippen LogP contribution in [0.2, 0.25) is 0 Å². The minimum absolute atomic E-state index is 0.0661. The molecule has 1 amide bonds. The summed E-state index contributed by atoms with van der Waals surface area (Å²) >= 11 is 0. The predicted molar refractivity (Wildman–Crippen MR) is 138 cm³/mol. The van der Waals surface area contributed by atoms with Gasteiger partial charge in [0.2, 0.25) is 0 Å². The Morgan fingerprint density at radius 1 is 1.18 bits per heavy atom. The second-order valence-corrected chi connectivity index (χ2v) is 9.85. The maximum absolute atomic E-state index is 13.2. The van der Waals surface area contributed by atoms with Crippen LogP contribution in [0.25, 0.3) is 16.9 Å². The van der Waals surface area contributed by atoms with Crippen molar-refractivity contribution in [3.8, 4) is 17.0 Å². The fraction of sp³-hybridized carbons (Fsp3) is 0.519. The third-order valence-electron chi connectivity index (χ3n) is 6.18. The van der Waals surface area contributed by atoms with Gasteiger partial charge < -0.3 is 15.0 Å². The highest BCUT2D eigenvalue weighted by molar-refractivity contribution is 5.94. The van der Waals surface area contributed by atoms with E-state index >= 15 is 0 Å². The van der Waals surface area contributed by atoms with Crippen LogP contribution < -0.4 is 10.1 Å². The molecule has 1 aromatic carbocycles. The van der Waals surface area contributed by atoms with Gasteiger partial charge in [-0.3, -0.25) is 4.79 Å². The van der Waals surface area contributed by atoms with Crippen LogP contribution in [0.3, 0.4) is 0 Å². The number of carbonyl (C=O) groups excluding carboxylic acids is 1. The fourth-order valence-corrected chi connectivity index (χ4v) is 3.98. The molecule has 7 nitrogen and oxygen atoms in total. The molecule has 7 heteroatoms. The monoisotopic (exact) mass is 465 g/mol. The Labute approximate surface area is 203 Å². The predicted octanol–water partition coefficient (Wildman–Crippen LogP) is 4.94. The van der Waals surface area contributed by atoms with E-state index in [1.165, 1.54) is 0 Å². The topological polar surface area (TPSA) is 71.8 Å². The number of rotatable bonds is 10. The van der Waals surface area contributed by atoms with Gasteiger partial charge in [0.25, 0.3) is 5.91 Å². The number of amides is 1. The van der Waals surface area contributed by atoms with Crippen molar-refractivity contribution in [3.63, 3.8) is 0 Å². The van der Waals surface area contributed by atoms with Crippen molar-refractivity contribution in [2.45, 2.75) is 65.8 Å². The smallest absolute Gasteiger partial charge is 0.270 e. The van der Waals surface area contributed by atoms with E-state index in [1.54, 1.807) is 7.11 Å². The van der Waals surface area contributed by atoms with E-state index in [0.29, 0.717) is 11.3 Å². The Hall–Kier alpha value is -2.93. The highest BCUT2D eigenvalue weighted by Gasteiger charge is 2.22. The fourth-order valence-electron chi connectivity index (χ4n) is 3.98. The quantitative estimate of drug-likeness (QED) is 0.459. The molecule has 3 aromatic rings. The first-order valence-electron chi connectivity index (χ1n) is 12.2. The normalized spacial score (nSPS) is 12.8. The second kappa shape index (κ2) is 11.0. The van der Waals surface area contributed by atoms with E-state index in [0.717, 1.165) is 55.2 Å². The highest BCUT2D eigenvalue weighted by Crippen LogP contribution is 2.28. The van der Waals surface area contributed by atoms with Gasteiger partial charge in [-0.05, 0) is 57.6 Å². The molecule has 1 unspecified atom stereocenters. The van der Waals surface area contributed by atoms with Crippen LogP contribution in [0.15, 0.2) is 36.4 Å². The average molecular weight is 466 g/mol. The molecule has 34 heavy (non-hydrogen) atoms. The zero-order chi connectivity index (χ0) is 24.9. The van der Waals surface area contributed by atoms with Crippen molar-refractivity contribution in [3.05, 3.63) is 47.8 Å². The molecule has 0 spiro atoms. The first-order valence-corrected chi connectivity index (χ1v) is 12.2. The summed E-state index contributed by atoms with van der Waals surface area (Å²) < 4.78 is 7.24. The van der Waals surface area contributed by atoms with E-state index in [1.807, 2.05) is 40.9 Å². The van der Waals surface area contributed by atoms with Gasteiger partial charge in [-0.1, -0.05) is 46.8 Å². The van der Waals surface area contributed by atoms with E-state index in [4.69, 9.17) is 9.84 Å². The number of ether oxygens (including phenoxy) is 1. The minimum atomic E-state index is -0.166. The molecule has 1 N–H and O–H groups in total. The van der Waals surface area contributed by atoms with Crippen molar-refractivity contribution in [1.82, 2.24) is 24.8 Å². The van der Waals surface area contributed by atoms with E-state index in [9.17, 15) is 4.79 Å². The van der Waals surface area contributed by atoms with Crippen molar-refractivity contribution in [2.75, 3.05) is 26.7 Å². The summed E-state index contributed by atoms with van der Waals surface area (Å²) in [5.41, 5.74) is 3.55. The van der Waals surface area contributed by atoms with Crippen molar-refractivity contribution >= 4 is 11.6 Å². The zero-order valence-electron chi connectivity index (χ0n) is 21.7. The molecular weight excluding hydrogens is 426 g/mol. The molecule has 0 fully saturated rings. The molecule has 0 saturated carbocycles. The first-order chi connectivity index (χ1) is 16.2. The first kappa shape index (κ1) is 25.7. The number of carbonyl (C=O) groups is 1. The SMILES string of the molecule is CCN(CC)CCCC(C)NC(=O)c1cc(-c2cccc(OC)c2)n2nc(C(C)(C)C)cc2n1. The Kier molecular flexibility index (Phi) is 8.31. The highest BCUT2D eigenvalue weighted by atomic mass is 16.5. The van der Waals surface area contributed by atoms with Crippen LogP contribution in [0.4, 0.5) is 0 Å². The van der Waals surface area contributed by atoms with Crippen molar-refractivity contribution in [2.24, 2.45) is 0 Å². The molecule has 0 aliphatic heterocycles. The summed E-state index contributed by atoms with van der Waals surface area (Å²) in [4.78, 5) is 20.3. The zero-order valence-corrected chi connectivity index (χ0v) is 21.7. The number of nitrogens with zero attached hydrogens (tertiary/aromatic N) is 4. The molecule has 0 aliphatic carbocycles. The molecule has 2 aromatic heterocycles. The average Bonchev–Trinajstić information content (AvgIpc) is 3.26. The standard InChI is InChI=1S/C27H39N5O2/c1-8-31(9-2)15-11-12-19(3)28-26(33)22-17-23(20-13-10-14-21(16-20)34-7)32-25(29-22)18-24(30-32)27(4,5)6/h10,13-14,16-19H,8-9,11-12,15H2,1-7H3,(H,28,33). The van der Waals surface area contributed by atoms with Gasteiger partial charge in [0.1, 0.15) is 11.4 Å². The lowest BCUT2D eigenvalue weighted by Gasteiger charge is -2.19. The molecule has 0 aliphatic rings. The van der Waals surface area contributed by atoms with Crippen molar-refractivity contribution < 1.29 is 9.53 Å². The van der Waals surface area contributed by atoms with Crippen molar-refractivity contribution in [1.29, 1.82) is 0 Å².